The van der Waals surface area contributed by atoms with Gasteiger partial charge in [-0.3, -0.25) is 10.1 Å². The molecule has 0 aromatic heterocycles. The SMILES string of the molecule is CCOc1cc(/C=C(\CC)[N+](=O)[O-])c(OC)cc1C(F)(F)F. The number of nitro groups is 1. The van der Waals surface area contributed by atoms with Crippen molar-refractivity contribution in [1.29, 1.82) is 0 Å². The van der Waals surface area contributed by atoms with E-state index in [4.69, 9.17) is 9.47 Å². The van der Waals surface area contributed by atoms with Gasteiger partial charge in [0.1, 0.15) is 17.1 Å². The predicted molar refractivity (Wildman–Crippen MR) is 74.4 cm³/mol. The van der Waals surface area contributed by atoms with Gasteiger partial charge in [-0.15, -0.1) is 0 Å². The summed E-state index contributed by atoms with van der Waals surface area (Å²) in [6, 6.07) is 1.88. The summed E-state index contributed by atoms with van der Waals surface area (Å²) in [5.74, 6) is -0.496. The minimum absolute atomic E-state index is 0.0361. The molecule has 0 saturated carbocycles. The Bertz CT molecular complexity index is 582. The van der Waals surface area contributed by atoms with Crippen molar-refractivity contribution in [3.8, 4) is 11.5 Å². The molecule has 0 aliphatic rings. The Morgan fingerprint density at radius 2 is 1.95 bits per heavy atom. The summed E-state index contributed by atoms with van der Waals surface area (Å²) in [6.45, 7) is 3.16. The smallest absolute Gasteiger partial charge is 0.420 e. The first-order valence-corrected chi connectivity index (χ1v) is 6.51. The Kier molecular flexibility index (Phi) is 5.78. The van der Waals surface area contributed by atoms with Crippen LogP contribution in [0, 0.1) is 10.1 Å². The van der Waals surface area contributed by atoms with E-state index < -0.39 is 16.7 Å². The van der Waals surface area contributed by atoms with E-state index in [0.717, 1.165) is 12.1 Å². The Hall–Kier alpha value is -2.25. The quantitative estimate of drug-likeness (QED) is 0.584. The number of allylic oxidation sites excluding steroid dienone is 1. The Morgan fingerprint density at radius 1 is 1.32 bits per heavy atom. The maximum absolute atomic E-state index is 13.0. The lowest BCUT2D eigenvalue weighted by molar-refractivity contribution is -0.425. The van der Waals surface area contributed by atoms with Crippen LogP contribution in [0.5, 0.6) is 11.5 Å². The van der Waals surface area contributed by atoms with E-state index >= 15 is 0 Å². The second kappa shape index (κ2) is 7.15. The van der Waals surface area contributed by atoms with Crippen molar-refractivity contribution in [3.05, 3.63) is 39.1 Å². The number of hydrogen-bond donors (Lipinski definition) is 0. The fourth-order valence-corrected chi connectivity index (χ4v) is 1.83. The molecule has 0 unspecified atom stereocenters. The van der Waals surface area contributed by atoms with Gasteiger partial charge in [0, 0.05) is 18.1 Å². The molecule has 1 rings (SSSR count). The van der Waals surface area contributed by atoms with Gasteiger partial charge < -0.3 is 9.47 Å². The summed E-state index contributed by atoms with van der Waals surface area (Å²) in [5, 5.41) is 10.9. The molecule has 0 spiro atoms. The molecule has 0 heterocycles. The molecule has 0 aliphatic carbocycles. The number of hydrogen-bond acceptors (Lipinski definition) is 4. The van der Waals surface area contributed by atoms with E-state index in [0.29, 0.717) is 0 Å². The van der Waals surface area contributed by atoms with E-state index in [-0.39, 0.29) is 35.8 Å². The van der Waals surface area contributed by atoms with Gasteiger partial charge in [-0.2, -0.15) is 13.2 Å². The molecule has 5 nitrogen and oxygen atoms in total. The number of rotatable bonds is 6. The number of halogens is 3. The van der Waals surface area contributed by atoms with Crippen molar-refractivity contribution >= 4 is 6.08 Å². The van der Waals surface area contributed by atoms with Crippen LogP contribution in [0.2, 0.25) is 0 Å². The van der Waals surface area contributed by atoms with Gasteiger partial charge in [-0.1, -0.05) is 6.92 Å². The lowest BCUT2D eigenvalue weighted by atomic mass is 10.1. The van der Waals surface area contributed by atoms with Crippen LogP contribution in [0.15, 0.2) is 17.8 Å². The third-order valence-electron chi connectivity index (χ3n) is 2.86. The molecule has 0 saturated heterocycles. The first kappa shape index (κ1) is 17.8. The number of ether oxygens (including phenoxy) is 2. The predicted octanol–water partition coefficient (Wildman–Crippen LogP) is 4.14. The molecular weight excluding hydrogens is 303 g/mol. The summed E-state index contributed by atoms with van der Waals surface area (Å²) < 4.78 is 49.0. The molecule has 0 aliphatic heterocycles. The zero-order valence-electron chi connectivity index (χ0n) is 12.4. The average molecular weight is 319 g/mol. The minimum Gasteiger partial charge on any atom is -0.496 e. The lowest BCUT2D eigenvalue weighted by Crippen LogP contribution is -2.10. The zero-order valence-corrected chi connectivity index (χ0v) is 12.4. The molecule has 22 heavy (non-hydrogen) atoms. The molecule has 0 N–H and O–H groups in total. The van der Waals surface area contributed by atoms with Crippen molar-refractivity contribution in [2.45, 2.75) is 26.4 Å². The normalized spacial score (nSPS) is 12.2. The third kappa shape index (κ3) is 4.12. The van der Waals surface area contributed by atoms with Crippen molar-refractivity contribution in [1.82, 2.24) is 0 Å². The van der Waals surface area contributed by atoms with Crippen LogP contribution in [-0.4, -0.2) is 18.6 Å². The van der Waals surface area contributed by atoms with Crippen molar-refractivity contribution in [2.24, 2.45) is 0 Å². The van der Waals surface area contributed by atoms with Crippen LogP contribution in [-0.2, 0) is 6.18 Å². The standard InChI is InChI=1S/C14H16F3NO4/c1-4-10(18(19)20)6-9-7-13(22-5-2)11(14(15,16)17)8-12(9)21-3/h6-8H,4-5H2,1-3H3/b10-6+. The van der Waals surface area contributed by atoms with Gasteiger partial charge in [-0.05, 0) is 19.1 Å². The molecule has 1 aromatic carbocycles. The Balaban J connectivity index is 3.52. The highest BCUT2D eigenvalue weighted by Gasteiger charge is 2.35. The van der Waals surface area contributed by atoms with Crippen molar-refractivity contribution in [2.75, 3.05) is 13.7 Å². The second-order valence-corrected chi connectivity index (χ2v) is 4.27. The molecule has 8 heteroatoms. The van der Waals surface area contributed by atoms with E-state index in [9.17, 15) is 23.3 Å². The number of benzene rings is 1. The van der Waals surface area contributed by atoms with Gasteiger partial charge in [0.15, 0.2) is 0 Å². The minimum atomic E-state index is -4.61. The first-order chi connectivity index (χ1) is 10.2. The van der Waals surface area contributed by atoms with Crippen LogP contribution < -0.4 is 9.47 Å². The summed E-state index contributed by atoms with van der Waals surface area (Å²) >= 11 is 0. The Labute approximate surface area is 125 Å². The molecule has 0 radical (unpaired) electrons. The highest BCUT2D eigenvalue weighted by molar-refractivity contribution is 5.63. The molecule has 1 aromatic rings. The average Bonchev–Trinajstić information content (AvgIpc) is 2.43. The molecule has 122 valence electrons. The van der Waals surface area contributed by atoms with E-state index in [2.05, 4.69) is 0 Å². The molecule has 0 atom stereocenters. The number of nitrogens with zero attached hydrogens (tertiary/aromatic N) is 1. The number of methoxy groups -OCH3 is 1. The summed E-state index contributed by atoms with van der Waals surface area (Å²) in [4.78, 5) is 10.3. The van der Waals surface area contributed by atoms with Crippen molar-refractivity contribution in [3.63, 3.8) is 0 Å². The lowest BCUT2D eigenvalue weighted by Gasteiger charge is -2.16. The van der Waals surface area contributed by atoms with Crippen LogP contribution in [0.1, 0.15) is 31.4 Å². The first-order valence-electron chi connectivity index (χ1n) is 6.51. The topological polar surface area (TPSA) is 61.6 Å². The maximum atomic E-state index is 13.0. The monoisotopic (exact) mass is 319 g/mol. The maximum Gasteiger partial charge on any atom is 0.420 e. The van der Waals surface area contributed by atoms with Gasteiger partial charge in [0.05, 0.1) is 18.6 Å². The van der Waals surface area contributed by atoms with Crippen LogP contribution in [0.4, 0.5) is 13.2 Å². The molecule has 0 bridgehead atoms. The van der Waals surface area contributed by atoms with Crippen molar-refractivity contribution < 1.29 is 27.6 Å². The Morgan fingerprint density at radius 3 is 2.36 bits per heavy atom. The van der Waals surface area contributed by atoms with E-state index in [1.54, 1.807) is 13.8 Å². The molecule has 0 fully saturated rings. The summed E-state index contributed by atoms with van der Waals surface area (Å²) in [6.07, 6.45) is -3.31. The van der Waals surface area contributed by atoms with Crippen LogP contribution >= 0.6 is 0 Å². The highest BCUT2D eigenvalue weighted by Crippen LogP contribution is 2.40. The van der Waals surface area contributed by atoms with Gasteiger partial charge >= 0.3 is 6.18 Å². The summed E-state index contributed by atoms with van der Waals surface area (Å²) in [7, 11) is 1.20. The molecular formula is C14H16F3NO4. The number of alkyl halides is 3. The zero-order chi connectivity index (χ0) is 16.9. The molecule has 0 amide bonds. The fraction of sp³-hybridized carbons (Fsp3) is 0.429. The van der Waals surface area contributed by atoms with Gasteiger partial charge in [0.25, 0.3) is 0 Å². The highest BCUT2D eigenvalue weighted by atomic mass is 19.4. The summed E-state index contributed by atoms with van der Waals surface area (Å²) in [5.41, 5.74) is -0.962. The third-order valence-corrected chi connectivity index (χ3v) is 2.86. The second-order valence-electron chi connectivity index (χ2n) is 4.27. The van der Waals surface area contributed by atoms with Gasteiger partial charge in [-0.25, -0.2) is 0 Å². The van der Waals surface area contributed by atoms with Crippen LogP contribution in [0.25, 0.3) is 6.08 Å². The largest absolute Gasteiger partial charge is 0.496 e. The van der Waals surface area contributed by atoms with E-state index in [1.165, 1.54) is 13.2 Å². The van der Waals surface area contributed by atoms with Crippen LogP contribution in [0.3, 0.4) is 0 Å². The van der Waals surface area contributed by atoms with Gasteiger partial charge in [0.2, 0.25) is 5.70 Å². The van der Waals surface area contributed by atoms with E-state index in [1.807, 2.05) is 0 Å². The fourth-order valence-electron chi connectivity index (χ4n) is 1.83.